The molecule has 0 bridgehead atoms. The van der Waals surface area contributed by atoms with Gasteiger partial charge in [-0.15, -0.1) is 0 Å². The Labute approximate surface area is 183 Å². The predicted molar refractivity (Wildman–Crippen MR) is 114 cm³/mol. The Bertz CT molecular complexity index is 1220. The number of carbonyl (C=O) groups excluding carboxylic acids is 4. The molecule has 0 atom stereocenters. The Hall–Kier alpha value is -4.39. The van der Waals surface area contributed by atoms with Crippen molar-refractivity contribution >= 4 is 23.1 Å². The molecule has 1 aliphatic carbocycles. The summed E-state index contributed by atoms with van der Waals surface area (Å²) in [6, 6.07) is 15.5. The van der Waals surface area contributed by atoms with Gasteiger partial charge in [0.2, 0.25) is 17.3 Å². The summed E-state index contributed by atoms with van der Waals surface area (Å²) < 4.78 is 11.6. The van der Waals surface area contributed by atoms with Gasteiger partial charge in [0.25, 0.3) is 5.78 Å². The smallest absolute Gasteiger partial charge is 0.251 e. The zero-order chi connectivity index (χ0) is 22.8. The van der Waals surface area contributed by atoms with Crippen LogP contribution in [-0.4, -0.2) is 28.1 Å². The van der Waals surface area contributed by atoms with E-state index in [2.05, 4.69) is 4.98 Å². The van der Waals surface area contributed by atoms with Gasteiger partial charge >= 0.3 is 0 Å². The average Bonchev–Trinajstić information content (AvgIpc) is 2.80. The van der Waals surface area contributed by atoms with E-state index in [0.29, 0.717) is 11.1 Å². The summed E-state index contributed by atoms with van der Waals surface area (Å²) in [5, 5.41) is 0. The Balaban J connectivity index is 1.82. The topological polar surface area (TPSA) is 99.6 Å². The van der Waals surface area contributed by atoms with Gasteiger partial charge in [-0.3, -0.25) is 24.2 Å². The number of nitrogens with zero attached hydrogens (tertiary/aromatic N) is 1. The van der Waals surface area contributed by atoms with Crippen LogP contribution in [-0.2, 0) is 0 Å². The van der Waals surface area contributed by atoms with Gasteiger partial charge in [-0.25, -0.2) is 0 Å². The molecule has 4 rings (SSSR count). The first-order valence-corrected chi connectivity index (χ1v) is 9.71. The molecule has 7 nitrogen and oxygen atoms in total. The first kappa shape index (κ1) is 20.9. The van der Waals surface area contributed by atoms with Crippen LogP contribution in [0.15, 0.2) is 78.4 Å². The van der Waals surface area contributed by atoms with Gasteiger partial charge in [0.15, 0.2) is 11.6 Å². The highest BCUT2D eigenvalue weighted by atomic mass is 16.5. The number of pyridine rings is 1. The number of fused-ring (bicyclic) bond motifs is 1. The Kier molecular flexibility index (Phi) is 5.47. The molecule has 32 heavy (non-hydrogen) atoms. The quantitative estimate of drug-likeness (QED) is 0.543. The van der Waals surface area contributed by atoms with Crippen molar-refractivity contribution in [1.29, 1.82) is 0 Å². The van der Waals surface area contributed by atoms with Crippen LogP contribution in [0.25, 0.3) is 0 Å². The molecule has 0 radical (unpaired) electrons. The van der Waals surface area contributed by atoms with E-state index in [0.717, 1.165) is 0 Å². The molecule has 1 aromatic heterocycles. The maximum atomic E-state index is 13.2. The number of aromatic nitrogens is 1. The van der Waals surface area contributed by atoms with Crippen molar-refractivity contribution in [1.82, 2.24) is 4.98 Å². The lowest BCUT2D eigenvalue weighted by Gasteiger charge is -2.20. The summed E-state index contributed by atoms with van der Waals surface area (Å²) >= 11 is 0. The zero-order valence-corrected chi connectivity index (χ0v) is 17.2. The third kappa shape index (κ3) is 3.96. The highest BCUT2D eigenvalue weighted by Crippen LogP contribution is 2.30. The third-order valence-corrected chi connectivity index (χ3v) is 4.81. The molecule has 2 aromatic carbocycles. The minimum atomic E-state index is -0.633. The first-order valence-electron chi connectivity index (χ1n) is 9.71. The third-order valence-electron chi connectivity index (χ3n) is 4.81. The fraction of sp³-hybridized carbons (Fsp3) is 0.0800. The maximum Gasteiger partial charge on any atom is 0.251 e. The number of ether oxygens (including phenoxy) is 2. The summed E-state index contributed by atoms with van der Waals surface area (Å²) in [4.78, 5) is 53.8. The fourth-order valence-corrected chi connectivity index (χ4v) is 3.18. The fourth-order valence-electron chi connectivity index (χ4n) is 3.18. The molecular formula is C25H17NO6. The van der Waals surface area contributed by atoms with Gasteiger partial charge in [0, 0.05) is 17.3 Å². The first-order chi connectivity index (χ1) is 15.3. The molecule has 7 heteroatoms. The zero-order valence-electron chi connectivity index (χ0n) is 17.2. The molecule has 1 heterocycles. The number of ketones is 4. The number of hydrogen-bond acceptors (Lipinski definition) is 7. The molecular weight excluding hydrogens is 410 g/mol. The molecule has 0 fully saturated rings. The van der Waals surface area contributed by atoms with Crippen molar-refractivity contribution < 1.29 is 28.7 Å². The van der Waals surface area contributed by atoms with Crippen LogP contribution in [0.5, 0.6) is 11.5 Å². The summed E-state index contributed by atoms with van der Waals surface area (Å²) in [7, 11) is 0. The van der Waals surface area contributed by atoms with Gasteiger partial charge in [-0.05, 0) is 50.2 Å². The van der Waals surface area contributed by atoms with Crippen molar-refractivity contribution in [3.63, 3.8) is 0 Å². The van der Waals surface area contributed by atoms with E-state index < -0.39 is 11.6 Å². The van der Waals surface area contributed by atoms with Gasteiger partial charge in [-0.2, -0.15) is 0 Å². The van der Waals surface area contributed by atoms with E-state index in [1.165, 1.54) is 38.2 Å². The number of carbonyl (C=O) groups is 4. The number of rotatable bonds is 6. The van der Waals surface area contributed by atoms with Crippen molar-refractivity contribution in [2.75, 3.05) is 0 Å². The number of benzene rings is 2. The van der Waals surface area contributed by atoms with E-state index >= 15 is 0 Å². The van der Waals surface area contributed by atoms with Crippen LogP contribution in [0, 0.1) is 0 Å². The number of Topliss-reactive ketones (excluding diaryl/α,β-unsaturated/α-hetero) is 4. The molecule has 0 saturated carbocycles. The maximum absolute atomic E-state index is 13.2. The lowest BCUT2D eigenvalue weighted by Crippen LogP contribution is -2.28. The second-order valence-corrected chi connectivity index (χ2v) is 7.09. The molecule has 0 saturated heterocycles. The van der Waals surface area contributed by atoms with Crippen molar-refractivity contribution in [3.05, 3.63) is 101 Å². The van der Waals surface area contributed by atoms with E-state index in [-0.39, 0.29) is 45.8 Å². The lowest BCUT2D eigenvalue weighted by molar-refractivity contribution is 0.0892. The van der Waals surface area contributed by atoms with Crippen LogP contribution in [0.3, 0.4) is 0 Å². The Morgan fingerprint density at radius 2 is 1.25 bits per heavy atom. The summed E-state index contributed by atoms with van der Waals surface area (Å²) in [5.41, 5.74) is 0.796. The number of hydrogen-bond donors (Lipinski definition) is 0. The highest BCUT2D eigenvalue weighted by molar-refractivity contribution is 6.24. The molecule has 1 aliphatic rings. The van der Waals surface area contributed by atoms with Crippen LogP contribution in [0.2, 0.25) is 0 Å². The monoisotopic (exact) mass is 427 g/mol. The minimum Gasteiger partial charge on any atom is -0.449 e. The van der Waals surface area contributed by atoms with Crippen LogP contribution in [0.1, 0.15) is 55.4 Å². The van der Waals surface area contributed by atoms with Gasteiger partial charge in [-0.1, -0.05) is 24.3 Å². The summed E-state index contributed by atoms with van der Waals surface area (Å²) in [6.45, 7) is 2.82. The van der Waals surface area contributed by atoms with Crippen molar-refractivity contribution in [2.45, 2.75) is 13.8 Å². The largest absolute Gasteiger partial charge is 0.449 e. The average molecular weight is 427 g/mol. The van der Waals surface area contributed by atoms with Crippen LogP contribution >= 0.6 is 0 Å². The Morgan fingerprint density at radius 3 is 1.78 bits per heavy atom. The molecule has 158 valence electrons. The van der Waals surface area contributed by atoms with E-state index in [1.807, 2.05) is 0 Å². The summed E-state index contributed by atoms with van der Waals surface area (Å²) in [5.74, 6) is -1.88. The number of allylic oxidation sites excluding steroid dienone is 2. The van der Waals surface area contributed by atoms with E-state index in [1.54, 1.807) is 42.5 Å². The molecule has 0 amide bonds. The minimum absolute atomic E-state index is 0.0555. The molecule has 0 N–H and O–H groups in total. The van der Waals surface area contributed by atoms with E-state index in [4.69, 9.17) is 9.47 Å². The van der Waals surface area contributed by atoms with E-state index in [9.17, 15) is 19.2 Å². The molecule has 0 aliphatic heterocycles. The second kappa shape index (κ2) is 8.39. The SMILES string of the molecule is CC(=O)c1cccc(OC2=C(Oc3cccc(C(C)=O)c3)C(=O)c3ncccc3C2=O)c1. The van der Waals surface area contributed by atoms with Gasteiger partial charge in [0.05, 0.1) is 5.56 Å². The predicted octanol–water partition coefficient (Wildman–Crippen LogP) is 4.24. The van der Waals surface area contributed by atoms with Crippen LogP contribution < -0.4 is 9.47 Å². The van der Waals surface area contributed by atoms with Crippen LogP contribution in [0.4, 0.5) is 0 Å². The Morgan fingerprint density at radius 1 is 0.719 bits per heavy atom. The lowest BCUT2D eigenvalue weighted by atomic mass is 9.96. The normalized spacial score (nSPS) is 12.9. The molecule has 3 aromatic rings. The van der Waals surface area contributed by atoms with Gasteiger partial charge in [0.1, 0.15) is 17.2 Å². The van der Waals surface area contributed by atoms with Crippen molar-refractivity contribution in [2.24, 2.45) is 0 Å². The summed E-state index contributed by atoms with van der Waals surface area (Å²) in [6.07, 6.45) is 1.40. The highest BCUT2D eigenvalue weighted by Gasteiger charge is 2.37. The molecule has 0 unspecified atom stereocenters. The van der Waals surface area contributed by atoms with Gasteiger partial charge < -0.3 is 9.47 Å². The standard InChI is InChI=1S/C25H17NO6/c1-14(27)16-6-3-8-18(12-16)31-24-22(29)20-10-5-11-26-21(20)23(30)25(24)32-19-9-4-7-17(13-19)15(2)28/h3-13H,1-2H3. The van der Waals surface area contributed by atoms with Crippen molar-refractivity contribution in [3.8, 4) is 11.5 Å². The molecule has 0 spiro atoms. The second-order valence-electron chi connectivity index (χ2n) is 7.09.